The van der Waals surface area contributed by atoms with Crippen LogP contribution in [0.2, 0.25) is 0 Å². The summed E-state index contributed by atoms with van der Waals surface area (Å²) in [4.78, 5) is 0. The van der Waals surface area contributed by atoms with Gasteiger partial charge >= 0.3 is 6.42 Å². The van der Waals surface area contributed by atoms with Gasteiger partial charge in [0.05, 0.1) is 6.20 Å². The molecule has 1 aromatic heterocycles. The molecule has 0 radical (unpaired) electrons. The Balaban J connectivity index is 1.87. The van der Waals surface area contributed by atoms with Gasteiger partial charge in [-0.3, -0.25) is 4.59 Å². The molecule has 1 aliphatic heterocycles. The number of benzene rings is 3. The minimum absolute atomic E-state index is 1.14. The molecule has 0 saturated heterocycles. The second-order valence-corrected chi connectivity index (χ2v) is 6.52. The number of hydrogen-bond donors (Lipinski definition) is 1. The number of nitrogens with zero attached hydrogens (tertiary/aromatic N) is 2. The van der Waals surface area contributed by atoms with E-state index in [1.165, 1.54) is 10.9 Å². The first kappa shape index (κ1) is 14.1. The quantitative estimate of drug-likeness (QED) is 0.562. The number of aromatic nitrogens is 2. The predicted octanol–water partition coefficient (Wildman–Crippen LogP) is 2.29. The second-order valence-electron chi connectivity index (χ2n) is 6.52. The largest absolute Gasteiger partial charge is 0.487 e. The number of rotatable bonds is 2. The molecule has 0 saturated carbocycles. The first-order chi connectivity index (χ1) is 12.4. The van der Waals surface area contributed by atoms with E-state index in [0.717, 1.165) is 11.4 Å². The zero-order chi connectivity index (χ0) is 16.7. The van der Waals surface area contributed by atoms with E-state index in [2.05, 4.69) is 118 Å². The van der Waals surface area contributed by atoms with E-state index in [-0.39, 0.29) is 0 Å². The molecule has 1 aliphatic rings. The van der Waals surface area contributed by atoms with E-state index in [1.54, 1.807) is 0 Å². The monoisotopic (exact) mass is 323 g/mol. The summed E-state index contributed by atoms with van der Waals surface area (Å²) in [5.41, 5.74) is 4.82. The standard InChI is InChI=1S/C21H18BN3/c1-3-10-18(11-4-1)22(19-12-5-2-6-13-19)23-20-14-7-8-15-21(20)24-16-9-17-25(22)24/h1-17,23H. The molecule has 3 aromatic carbocycles. The molecule has 120 valence electrons. The van der Waals surface area contributed by atoms with Crippen molar-refractivity contribution in [2.45, 2.75) is 0 Å². The van der Waals surface area contributed by atoms with Gasteiger partial charge in [0.1, 0.15) is 11.9 Å². The van der Waals surface area contributed by atoms with Crippen molar-refractivity contribution in [2.24, 2.45) is 0 Å². The van der Waals surface area contributed by atoms with Crippen LogP contribution in [0.25, 0.3) is 5.69 Å². The molecule has 0 atom stereocenters. The molecule has 4 aromatic rings. The third-order valence-corrected chi connectivity index (χ3v) is 5.19. The Bertz CT molecular complexity index is 986. The number of anilines is 1. The minimum Gasteiger partial charge on any atom is -0.487 e. The van der Waals surface area contributed by atoms with Crippen molar-refractivity contribution in [3.05, 3.63) is 103 Å². The first-order valence-electron chi connectivity index (χ1n) is 8.63. The summed E-state index contributed by atoms with van der Waals surface area (Å²) < 4.78 is 4.57. The van der Waals surface area contributed by atoms with E-state index in [9.17, 15) is 0 Å². The third-order valence-electron chi connectivity index (χ3n) is 5.19. The van der Waals surface area contributed by atoms with E-state index in [0.29, 0.717) is 0 Å². The Kier molecular flexibility index (Phi) is 3.04. The molecular formula is C21H18BN3. The zero-order valence-corrected chi connectivity index (χ0v) is 13.8. The maximum atomic E-state index is 3.89. The van der Waals surface area contributed by atoms with Gasteiger partial charge in [-0.15, -0.1) is 10.9 Å². The van der Waals surface area contributed by atoms with Gasteiger partial charge in [-0.25, -0.2) is 0 Å². The second kappa shape index (κ2) is 5.38. The topological polar surface area (TPSA) is 20.8 Å². The predicted molar refractivity (Wildman–Crippen MR) is 103 cm³/mol. The Morgan fingerprint density at radius 3 is 1.96 bits per heavy atom. The summed E-state index contributed by atoms with van der Waals surface area (Å²) >= 11 is 0. The van der Waals surface area contributed by atoms with Crippen LogP contribution in [0, 0.1) is 0 Å². The van der Waals surface area contributed by atoms with Crippen LogP contribution in [0.5, 0.6) is 0 Å². The highest BCUT2D eigenvalue weighted by Gasteiger charge is 2.46. The van der Waals surface area contributed by atoms with Crippen molar-refractivity contribution < 1.29 is 4.59 Å². The molecule has 0 bridgehead atoms. The summed E-state index contributed by atoms with van der Waals surface area (Å²) in [6.07, 6.45) is 2.92. The van der Waals surface area contributed by atoms with Crippen molar-refractivity contribution in [1.82, 2.24) is 4.68 Å². The van der Waals surface area contributed by atoms with Crippen molar-refractivity contribution in [3.8, 4) is 5.69 Å². The molecule has 3 nitrogen and oxygen atoms in total. The normalized spacial score (nSPS) is 14.2. The Morgan fingerprint density at radius 1 is 0.680 bits per heavy atom. The molecule has 0 aliphatic carbocycles. The fraction of sp³-hybridized carbons (Fsp3) is 0. The summed E-state index contributed by atoms with van der Waals surface area (Å²) in [7, 11) is 0. The van der Waals surface area contributed by atoms with E-state index < -0.39 is 6.42 Å². The van der Waals surface area contributed by atoms with E-state index >= 15 is 0 Å². The fourth-order valence-electron chi connectivity index (χ4n) is 4.09. The SMILES string of the molecule is c1ccc([B-]2(c3ccccc3)Nc3ccccc3-n3ccc[n+]32)cc1. The molecule has 0 amide bonds. The van der Waals surface area contributed by atoms with Crippen LogP contribution >= 0.6 is 0 Å². The van der Waals surface area contributed by atoms with Crippen LogP contribution in [-0.4, -0.2) is 11.1 Å². The molecule has 4 heteroatoms. The highest BCUT2D eigenvalue weighted by atomic mass is 15.4. The van der Waals surface area contributed by atoms with Gasteiger partial charge in [-0.2, -0.15) is 4.68 Å². The summed E-state index contributed by atoms with van der Waals surface area (Å²) in [6.45, 7) is 0. The summed E-state index contributed by atoms with van der Waals surface area (Å²) in [6, 6.07) is 32.0. The lowest BCUT2D eigenvalue weighted by atomic mass is 9.37. The average Bonchev–Trinajstić information content (AvgIpc) is 3.19. The lowest BCUT2D eigenvalue weighted by molar-refractivity contribution is -0.625. The van der Waals surface area contributed by atoms with Gasteiger partial charge in [0.25, 0.3) is 0 Å². The van der Waals surface area contributed by atoms with Crippen LogP contribution in [0.15, 0.2) is 103 Å². The Labute approximate surface area is 147 Å². The molecule has 25 heavy (non-hydrogen) atoms. The van der Waals surface area contributed by atoms with Gasteiger partial charge in [0, 0.05) is 11.8 Å². The van der Waals surface area contributed by atoms with E-state index in [1.807, 2.05) is 0 Å². The van der Waals surface area contributed by atoms with Crippen LogP contribution in [0.1, 0.15) is 0 Å². The van der Waals surface area contributed by atoms with Crippen molar-refractivity contribution in [3.63, 3.8) is 0 Å². The summed E-state index contributed by atoms with van der Waals surface area (Å²) in [5, 5.41) is 3.89. The molecule has 1 N–H and O–H groups in total. The first-order valence-corrected chi connectivity index (χ1v) is 8.63. The molecule has 0 unspecified atom stereocenters. The molecule has 2 heterocycles. The van der Waals surface area contributed by atoms with Crippen molar-refractivity contribution in [2.75, 3.05) is 5.23 Å². The lowest BCUT2D eigenvalue weighted by Crippen LogP contribution is -2.86. The number of nitrogens with one attached hydrogen (secondary N) is 1. The molecule has 0 fully saturated rings. The van der Waals surface area contributed by atoms with Gasteiger partial charge < -0.3 is 5.23 Å². The Morgan fingerprint density at radius 2 is 1.28 bits per heavy atom. The van der Waals surface area contributed by atoms with Gasteiger partial charge in [-0.05, 0) is 12.1 Å². The zero-order valence-electron chi connectivity index (χ0n) is 13.8. The molecular weight excluding hydrogens is 305 g/mol. The van der Waals surface area contributed by atoms with Crippen LogP contribution in [0.3, 0.4) is 0 Å². The van der Waals surface area contributed by atoms with Gasteiger partial charge in [0.15, 0.2) is 0 Å². The maximum absolute atomic E-state index is 3.89. The average molecular weight is 323 g/mol. The van der Waals surface area contributed by atoms with Crippen LogP contribution < -0.4 is 20.7 Å². The molecule has 5 rings (SSSR count). The number of hydrogen-bond acceptors (Lipinski definition) is 1. The lowest BCUT2D eigenvalue weighted by Gasteiger charge is -2.41. The maximum Gasteiger partial charge on any atom is 0.450 e. The highest BCUT2D eigenvalue weighted by Crippen LogP contribution is 2.24. The van der Waals surface area contributed by atoms with Gasteiger partial charge in [-0.1, -0.05) is 72.8 Å². The van der Waals surface area contributed by atoms with Crippen LogP contribution in [-0.2, 0) is 0 Å². The third kappa shape index (κ3) is 1.97. The summed E-state index contributed by atoms with van der Waals surface area (Å²) in [5.74, 6) is 0. The minimum atomic E-state index is -1.37. The van der Waals surface area contributed by atoms with Crippen molar-refractivity contribution in [1.29, 1.82) is 0 Å². The van der Waals surface area contributed by atoms with Gasteiger partial charge in [0.2, 0.25) is 0 Å². The number of fused-ring (bicyclic) bond motifs is 3. The number of para-hydroxylation sites is 2. The Hall–Kier alpha value is -3.27. The smallest absolute Gasteiger partial charge is 0.450 e. The highest BCUT2D eigenvalue weighted by molar-refractivity contribution is 6.98. The van der Waals surface area contributed by atoms with Crippen LogP contribution in [0.4, 0.5) is 5.69 Å². The molecule has 0 spiro atoms. The fourth-order valence-corrected chi connectivity index (χ4v) is 4.09. The van der Waals surface area contributed by atoms with Crippen molar-refractivity contribution >= 4 is 23.0 Å². The van der Waals surface area contributed by atoms with E-state index in [4.69, 9.17) is 0 Å².